The summed E-state index contributed by atoms with van der Waals surface area (Å²) in [5.41, 5.74) is 1.36. The summed E-state index contributed by atoms with van der Waals surface area (Å²) in [6.45, 7) is 8.94. The molecule has 5 heteroatoms. The monoisotopic (exact) mass is 239 g/mol. The molecular formula is C12H21N3O2. The topological polar surface area (TPSA) is 47.4 Å². The Balaban J connectivity index is 2.87. The number of ether oxygens (including phenoxy) is 1. The summed E-state index contributed by atoms with van der Waals surface area (Å²) >= 11 is 0. The van der Waals surface area contributed by atoms with Gasteiger partial charge in [-0.15, -0.1) is 0 Å². The van der Waals surface area contributed by atoms with Gasteiger partial charge in [0.1, 0.15) is 5.56 Å². The molecule has 0 unspecified atom stereocenters. The average Bonchev–Trinajstić information content (AvgIpc) is 2.67. The van der Waals surface area contributed by atoms with Crippen LogP contribution in [-0.4, -0.2) is 40.3 Å². The first kappa shape index (κ1) is 13.7. The van der Waals surface area contributed by atoms with E-state index >= 15 is 0 Å². The SMILES string of the molecule is CCOC(=O)c1cn(C)nc1CN(CC)CC. The fourth-order valence-electron chi connectivity index (χ4n) is 1.69. The van der Waals surface area contributed by atoms with E-state index in [1.807, 2.05) is 7.05 Å². The minimum absolute atomic E-state index is 0.289. The van der Waals surface area contributed by atoms with Gasteiger partial charge in [0.15, 0.2) is 0 Å². The lowest BCUT2D eigenvalue weighted by Crippen LogP contribution is -2.23. The number of carbonyl (C=O) groups is 1. The molecule has 0 spiro atoms. The molecule has 0 atom stereocenters. The summed E-state index contributed by atoms with van der Waals surface area (Å²) in [6, 6.07) is 0. The highest BCUT2D eigenvalue weighted by Gasteiger charge is 2.17. The van der Waals surface area contributed by atoms with Crippen LogP contribution in [0.4, 0.5) is 0 Å². The van der Waals surface area contributed by atoms with Crippen LogP contribution in [0.5, 0.6) is 0 Å². The number of aryl methyl sites for hydroxylation is 1. The lowest BCUT2D eigenvalue weighted by Gasteiger charge is -2.16. The molecule has 17 heavy (non-hydrogen) atoms. The molecule has 0 amide bonds. The van der Waals surface area contributed by atoms with Crippen molar-refractivity contribution >= 4 is 5.97 Å². The largest absolute Gasteiger partial charge is 0.462 e. The first-order valence-electron chi connectivity index (χ1n) is 6.04. The van der Waals surface area contributed by atoms with Gasteiger partial charge in [-0.2, -0.15) is 5.10 Å². The van der Waals surface area contributed by atoms with Crippen LogP contribution in [0.3, 0.4) is 0 Å². The van der Waals surface area contributed by atoms with Crippen LogP contribution >= 0.6 is 0 Å². The van der Waals surface area contributed by atoms with Gasteiger partial charge in [0.05, 0.1) is 12.3 Å². The van der Waals surface area contributed by atoms with Crippen molar-refractivity contribution in [1.82, 2.24) is 14.7 Å². The minimum atomic E-state index is -0.289. The maximum absolute atomic E-state index is 11.7. The van der Waals surface area contributed by atoms with Gasteiger partial charge in [0.2, 0.25) is 0 Å². The predicted molar refractivity (Wildman–Crippen MR) is 65.8 cm³/mol. The van der Waals surface area contributed by atoms with Crippen molar-refractivity contribution in [3.8, 4) is 0 Å². The summed E-state index contributed by atoms with van der Waals surface area (Å²) < 4.78 is 6.68. The van der Waals surface area contributed by atoms with E-state index in [-0.39, 0.29) is 5.97 Å². The zero-order chi connectivity index (χ0) is 12.8. The lowest BCUT2D eigenvalue weighted by atomic mass is 10.2. The fourth-order valence-corrected chi connectivity index (χ4v) is 1.69. The Hall–Kier alpha value is -1.36. The van der Waals surface area contributed by atoms with E-state index in [4.69, 9.17) is 4.74 Å². The number of rotatable bonds is 6. The van der Waals surface area contributed by atoms with Crippen LogP contribution in [0, 0.1) is 0 Å². The molecule has 1 aromatic heterocycles. The van der Waals surface area contributed by atoms with E-state index in [2.05, 4.69) is 23.8 Å². The maximum Gasteiger partial charge on any atom is 0.341 e. The van der Waals surface area contributed by atoms with E-state index in [1.165, 1.54) is 0 Å². The highest BCUT2D eigenvalue weighted by Crippen LogP contribution is 2.11. The van der Waals surface area contributed by atoms with Gasteiger partial charge >= 0.3 is 5.97 Å². The summed E-state index contributed by atoms with van der Waals surface area (Å²) in [6.07, 6.45) is 1.72. The molecule has 0 bridgehead atoms. The molecule has 0 saturated carbocycles. The Morgan fingerprint density at radius 2 is 2.06 bits per heavy atom. The normalized spacial score (nSPS) is 10.9. The van der Waals surface area contributed by atoms with Gasteiger partial charge in [-0.1, -0.05) is 13.8 Å². The third kappa shape index (κ3) is 3.56. The quantitative estimate of drug-likeness (QED) is 0.705. The van der Waals surface area contributed by atoms with E-state index in [0.717, 1.165) is 18.8 Å². The van der Waals surface area contributed by atoms with Crippen molar-refractivity contribution in [1.29, 1.82) is 0 Å². The Morgan fingerprint density at radius 3 is 2.59 bits per heavy atom. The van der Waals surface area contributed by atoms with Crippen molar-refractivity contribution in [2.24, 2.45) is 7.05 Å². The summed E-state index contributed by atoms with van der Waals surface area (Å²) in [4.78, 5) is 14.0. The summed E-state index contributed by atoms with van der Waals surface area (Å²) in [7, 11) is 1.81. The highest BCUT2D eigenvalue weighted by atomic mass is 16.5. The van der Waals surface area contributed by atoms with Gasteiger partial charge in [0, 0.05) is 19.8 Å². The van der Waals surface area contributed by atoms with Crippen LogP contribution in [0.15, 0.2) is 6.20 Å². The van der Waals surface area contributed by atoms with Crippen molar-refractivity contribution in [2.75, 3.05) is 19.7 Å². The lowest BCUT2D eigenvalue weighted by molar-refractivity contribution is 0.0524. The van der Waals surface area contributed by atoms with E-state index in [1.54, 1.807) is 17.8 Å². The van der Waals surface area contributed by atoms with Gasteiger partial charge in [0.25, 0.3) is 0 Å². The van der Waals surface area contributed by atoms with Crippen LogP contribution < -0.4 is 0 Å². The highest BCUT2D eigenvalue weighted by molar-refractivity contribution is 5.90. The molecule has 0 aliphatic rings. The van der Waals surface area contributed by atoms with Crippen LogP contribution in [0.2, 0.25) is 0 Å². The van der Waals surface area contributed by atoms with Gasteiger partial charge in [-0.25, -0.2) is 4.79 Å². The second-order valence-electron chi connectivity index (χ2n) is 3.84. The van der Waals surface area contributed by atoms with Gasteiger partial charge < -0.3 is 4.74 Å². The smallest absolute Gasteiger partial charge is 0.341 e. The van der Waals surface area contributed by atoms with Crippen LogP contribution in [0.25, 0.3) is 0 Å². The molecule has 0 aromatic carbocycles. The number of aromatic nitrogens is 2. The van der Waals surface area contributed by atoms with Gasteiger partial charge in [-0.3, -0.25) is 9.58 Å². The van der Waals surface area contributed by atoms with Crippen molar-refractivity contribution in [3.05, 3.63) is 17.5 Å². The molecule has 0 aliphatic heterocycles. The van der Waals surface area contributed by atoms with Crippen LogP contribution in [-0.2, 0) is 18.3 Å². The van der Waals surface area contributed by atoms with Gasteiger partial charge in [-0.05, 0) is 20.0 Å². The number of carbonyl (C=O) groups excluding carboxylic acids is 1. The molecule has 0 fully saturated rings. The molecule has 1 heterocycles. The zero-order valence-corrected chi connectivity index (χ0v) is 11.1. The predicted octanol–water partition coefficient (Wildman–Crippen LogP) is 1.44. The van der Waals surface area contributed by atoms with E-state index in [9.17, 15) is 4.79 Å². The molecule has 1 rings (SSSR count). The molecule has 5 nitrogen and oxygen atoms in total. The summed E-state index contributed by atoms with van der Waals surface area (Å²) in [5.74, 6) is -0.289. The molecule has 1 aromatic rings. The Bertz CT molecular complexity index is 370. The number of esters is 1. The molecule has 0 N–H and O–H groups in total. The van der Waals surface area contributed by atoms with Crippen molar-refractivity contribution in [3.63, 3.8) is 0 Å². The van der Waals surface area contributed by atoms with Crippen LogP contribution in [0.1, 0.15) is 36.8 Å². The third-order valence-corrected chi connectivity index (χ3v) is 2.67. The zero-order valence-electron chi connectivity index (χ0n) is 11.1. The Morgan fingerprint density at radius 1 is 1.41 bits per heavy atom. The number of hydrogen-bond donors (Lipinski definition) is 0. The second-order valence-corrected chi connectivity index (χ2v) is 3.84. The average molecular weight is 239 g/mol. The maximum atomic E-state index is 11.7. The molecule has 0 saturated heterocycles. The standard InChI is InChI=1S/C12H21N3O2/c1-5-15(6-2)9-11-10(8-14(4)13-11)12(16)17-7-3/h8H,5-7,9H2,1-4H3. The Labute approximate surface area is 102 Å². The molecular weight excluding hydrogens is 218 g/mol. The first-order chi connectivity index (χ1) is 8.12. The second kappa shape index (κ2) is 6.39. The molecule has 0 aliphatic carbocycles. The van der Waals surface area contributed by atoms with E-state index in [0.29, 0.717) is 18.7 Å². The first-order valence-corrected chi connectivity index (χ1v) is 6.04. The summed E-state index contributed by atoms with van der Waals surface area (Å²) in [5, 5.41) is 4.32. The Kier molecular flexibility index (Phi) is 5.15. The number of hydrogen-bond acceptors (Lipinski definition) is 4. The fraction of sp³-hybridized carbons (Fsp3) is 0.667. The molecule has 0 radical (unpaired) electrons. The number of nitrogens with zero attached hydrogens (tertiary/aromatic N) is 3. The van der Waals surface area contributed by atoms with Crippen molar-refractivity contribution in [2.45, 2.75) is 27.3 Å². The minimum Gasteiger partial charge on any atom is -0.462 e. The third-order valence-electron chi connectivity index (χ3n) is 2.67. The van der Waals surface area contributed by atoms with Crippen molar-refractivity contribution < 1.29 is 9.53 Å². The van der Waals surface area contributed by atoms with E-state index < -0.39 is 0 Å². The molecule has 96 valence electrons.